The predicted molar refractivity (Wildman–Crippen MR) is 162 cm³/mol. The van der Waals surface area contributed by atoms with Crippen LogP contribution in [0.5, 0.6) is 11.6 Å². The Bertz CT molecular complexity index is 2030. The highest BCUT2D eigenvalue weighted by molar-refractivity contribution is 7.88. The maximum Gasteiger partial charge on any atom is 0.219 e. The number of H-pyrrole nitrogens is 1. The summed E-state index contributed by atoms with van der Waals surface area (Å²) in [7, 11) is -3.27. The van der Waals surface area contributed by atoms with Gasteiger partial charge in [0.2, 0.25) is 27.4 Å². The third-order valence-electron chi connectivity index (χ3n) is 7.70. The largest absolute Gasteiger partial charge is 0.433 e. The quantitative estimate of drug-likeness (QED) is 0.203. The molecule has 1 aliphatic heterocycles. The number of piperidine rings is 1. The number of fused-ring (bicyclic) bond motifs is 1. The van der Waals surface area contributed by atoms with Gasteiger partial charge < -0.3 is 20.8 Å². The second kappa shape index (κ2) is 11.6. The number of carbonyl (C=O) groups excluding carboxylic acids is 1. The summed E-state index contributed by atoms with van der Waals surface area (Å²) < 4.78 is 74.6. The predicted octanol–water partition coefficient (Wildman–Crippen LogP) is 4.92. The smallest absolute Gasteiger partial charge is 0.219 e. The van der Waals surface area contributed by atoms with Crippen LogP contribution in [0.25, 0.3) is 16.6 Å². The molecule has 0 unspecified atom stereocenters. The van der Waals surface area contributed by atoms with Gasteiger partial charge in [0, 0.05) is 36.1 Å². The number of rotatable bonds is 8. The van der Waals surface area contributed by atoms with E-state index >= 15 is 4.39 Å². The van der Waals surface area contributed by atoms with Crippen LogP contribution in [0.2, 0.25) is 0 Å². The fourth-order valence-electron chi connectivity index (χ4n) is 5.29. The number of benzene rings is 2. The number of pyridine rings is 1. The van der Waals surface area contributed by atoms with E-state index < -0.39 is 39.0 Å². The van der Waals surface area contributed by atoms with E-state index in [2.05, 4.69) is 20.4 Å². The number of nitrogens with zero attached hydrogens (tertiary/aromatic N) is 4. The van der Waals surface area contributed by atoms with Crippen LogP contribution < -0.4 is 15.8 Å². The van der Waals surface area contributed by atoms with E-state index in [1.807, 2.05) is 0 Å². The van der Waals surface area contributed by atoms with Gasteiger partial charge in [-0.15, -0.1) is 0 Å². The van der Waals surface area contributed by atoms with Gasteiger partial charge in [-0.05, 0) is 55.7 Å². The Balaban J connectivity index is 1.20. The molecule has 3 aromatic heterocycles. The van der Waals surface area contributed by atoms with Crippen molar-refractivity contribution in [1.29, 1.82) is 0 Å². The van der Waals surface area contributed by atoms with Gasteiger partial charge in [0.1, 0.15) is 11.6 Å². The first-order chi connectivity index (χ1) is 21.4. The van der Waals surface area contributed by atoms with Crippen LogP contribution in [0.4, 0.5) is 24.7 Å². The fourth-order valence-corrected chi connectivity index (χ4v) is 6.17. The molecule has 234 valence electrons. The molecule has 0 aliphatic carbocycles. The highest BCUT2D eigenvalue weighted by Crippen LogP contribution is 2.30. The number of hydrogen-bond donors (Lipinski definition) is 3. The lowest BCUT2D eigenvalue weighted by molar-refractivity contribution is 0.103. The van der Waals surface area contributed by atoms with E-state index in [-0.39, 0.29) is 34.7 Å². The van der Waals surface area contributed by atoms with E-state index in [0.29, 0.717) is 48.1 Å². The van der Waals surface area contributed by atoms with Gasteiger partial charge in [-0.2, -0.15) is 5.10 Å². The molecule has 0 atom stereocenters. The topological polar surface area (TPSA) is 148 Å². The SMILES string of the molecule is Cc1cc(Oc2c(F)cccc2F)ncc1-n1ncc(C(=O)c2cc3cc(F)c(NC4CCN(S(C)(=O)=O)CC4)cc3[nH]2)c1N. The van der Waals surface area contributed by atoms with Gasteiger partial charge in [0.15, 0.2) is 11.6 Å². The first-order valence-electron chi connectivity index (χ1n) is 13.9. The maximum absolute atomic E-state index is 15.0. The number of hydrogen-bond acceptors (Lipinski definition) is 8. The normalized spacial score (nSPS) is 14.6. The van der Waals surface area contributed by atoms with Crippen LogP contribution in [0, 0.1) is 24.4 Å². The Morgan fingerprint density at radius 2 is 1.78 bits per heavy atom. The number of sulfonamides is 1. The average molecular weight is 640 g/mol. The molecule has 0 spiro atoms. The number of anilines is 2. The summed E-state index contributed by atoms with van der Waals surface area (Å²) in [6, 6.07) is 9.10. The van der Waals surface area contributed by atoms with E-state index in [1.54, 1.807) is 13.0 Å². The van der Waals surface area contributed by atoms with E-state index in [1.165, 1.54) is 51.9 Å². The van der Waals surface area contributed by atoms with Crippen LogP contribution in [-0.4, -0.2) is 63.6 Å². The summed E-state index contributed by atoms with van der Waals surface area (Å²) >= 11 is 0. The van der Waals surface area contributed by atoms with Crippen molar-refractivity contribution in [2.75, 3.05) is 30.4 Å². The molecular formula is C30H28F3N7O4S. The number of halogens is 3. The number of nitrogens with two attached hydrogens (primary N) is 1. The third-order valence-corrected chi connectivity index (χ3v) is 9.00. The summed E-state index contributed by atoms with van der Waals surface area (Å²) in [6.45, 7) is 2.38. The molecule has 2 aromatic carbocycles. The number of aromatic amines is 1. The number of aryl methyl sites for hydroxylation is 1. The Labute approximate surface area is 255 Å². The van der Waals surface area contributed by atoms with Gasteiger partial charge in [-0.25, -0.2) is 35.6 Å². The minimum absolute atomic E-state index is 0.0198. The zero-order chi connectivity index (χ0) is 32.0. The lowest BCUT2D eigenvalue weighted by Gasteiger charge is -2.31. The van der Waals surface area contributed by atoms with Crippen LogP contribution in [0.1, 0.15) is 34.5 Å². The molecule has 1 saturated heterocycles. The van der Waals surface area contributed by atoms with Crippen molar-refractivity contribution in [3.05, 3.63) is 89.1 Å². The van der Waals surface area contributed by atoms with Crippen molar-refractivity contribution in [2.45, 2.75) is 25.8 Å². The van der Waals surface area contributed by atoms with Gasteiger partial charge in [-0.3, -0.25) is 4.79 Å². The number of ether oxygens (including phenoxy) is 1. The summed E-state index contributed by atoms with van der Waals surface area (Å²) in [4.78, 5) is 20.6. The molecule has 0 saturated carbocycles. The number of ketones is 1. The third kappa shape index (κ3) is 5.95. The zero-order valence-corrected chi connectivity index (χ0v) is 25.0. The van der Waals surface area contributed by atoms with Crippen molar-refractivity contribution in [3.8, 4) is 17.3 Å². The summed E-state index contributed by atoms with van der Waals surface area (Å²) in [5.41, 5.74) is 8.29. The van der Waals surface area contributed by atoms with Crippen molar-refractivity contribution in [2.24, 2.45) is 0 Å². The minimum atomic E-state index is -3.27. The second-order valence-electron chi connectivity index (χ2n) is 10.8. The summed E-state index contributed by atoms with van der Waals surface area (Å²) in [5, 5.41) is 7.88. The molecule has 6 rings (SSSR count). The molecule has 15 heteroatoms. The molecule has 1 aliphatic rings. The maximum atomic E-state index is 15.0. The summed E-state index contributed by atoms with van der Waals surface area (Å²) in [6.07, 6.45) is 4.88. The van der Waals surface area contributed by atoms with Crippen LogP contribution in [0.15, 0.2) is 54.9 Å². The number of para-hydroxylation sites is 1. The van der Waals surface area contributed by atoms with Crippen molar-refractivity contribution >= 4 is 38.2 Å². The number of nitrogen functional groups attached to an aromatic ring is 1. The monoisotopic (exact) mass is 639 g/mol. The molecule has 0 radical (unpaired) electrons. The first-order valence-corrected chi connectivity index (χ1v) is 15.7. The molecule has 0 bridgehead atoms. The van der Waals surface area contributed by atoms with E-state index in [9.17, 15) is 22.0 Å². The lowest BCUT2D eigenvalue weighted by Crippen LogP contribution is -2.41. The van der Waals surface area contributed by atoms with Gasteiger partial charge in [0.25, 0.3) is 0 Å². The Morgan fingerprint density at radius 3 is 2.44 bits per heavy atom. The summed E-state index contributed by atoms with van der Waals surface area (Å²) in [5.74, 6) is -3.35. The molecule has 0 amide bonds. The number of aromatic nitrogens is 4. The lowest BCUT2D eigenvalue weighted by atomic mass is 10.1. The van der Waals surface area contributed by atoms with E-state index in [0.717, 1.165) is 12.1 Å². The Kier molecular flexibility index (Phi) is 7.74. The van der Waals surface area contributed by atoms with Crippen molar-refractivity contribution in [3.63, 3.8) is 0 Å². The highest BCUT2D eigenvalue weighted by atomic mass is 32.2. The Morgan fingerprint density at radius 1 is 1.07 bits per heavy atom. The number of carbonyl (C=O) groups is 1. The standard InChI is InChI=1S/C30H28F3N7O4S/c1-16-10-27(44-29-20(31)4-3-5-21(29)32)35-15-26(16)40-30(34)19(14-36-40)28(41)25-12-17-11-22(33)24(13-23(17)38-25)37-18-6-8-39(9-7-18)45(2,42)43/h3-5,10-15,18,37-38H,6-9,34H2,1-2H3. The van der Waals surface area contributed by atoms with Crippen molar-refractivity contribution in [1.82, 2.24) is 24.1 Å². The zero-order valence-electron chi connectivity index (χ0n) is 24.1. The number of nitrogens with one attached hydrogen (secondary N) is 2. The molecule has 4 heterocycles. The van der Waals surface area contributed by atoms with Crippen LogP contribution >= 0.6 is 0 Å². The van der Waals surface area contributed by atoms with Gasteiger partial charge >= 0.3 is 0 Å². The van der Waals surface area contributed by atoms with Gasteiger partial charge in [-0.1, -0.05) is 6.07 Å². The Hall–Kier alpha value is -4.89. The molecule has 5 aromatic rings. The second-order valence-corrected chi connectivity index (χ2v) is 12.8. The molecule has 4 N–H and O–H groups in total. The molecule has 1 fully saturated rings. The van der Waals surface area contributed by atoms with Crippen LogP contribution in [-0.2, 0) is 10.0 Å². The minimum Gasteiger partial charge on any atom is -0.433 e. The van der Waals surface area contributed by atoms with Gasteiger partial charge in [0.05, 0.1) is 41.3 Å². The first kappa shape index (κ1) is 30.1. The van der Waals surface area contributed by atoms with Crippen LogP contribution in [0.3, 0.4) is 0 Å². The molecule has 11 nitrogen and oxygen atoms in total. The fraction of sp³-hybridized carbons (Fsp3) is 0.233. The van der Waals surface area contributed by atoms with Crippen molar-refractivity contribution < 1.29 is 31.1 Å². The average Bonchev–Trinajstić information content (AvgIpc) is 3.58. The molecule has 45 heavy (non-hydrogen) atoms. The van der Waals surface area contributed by atoms with E-state index in [4.69, 9.17) is 10.5 Å². The highest BCUT2D eigenvalue weighted by Gasteiger charge is 2.26. The molecular weight excluding hydrogens is 611 g/mol.